The summed E-state index contributed by atoms with van der Waals surface area (Å²) in [5.74, 6) is 0. The van der Waals surface area contributed by atoms with Crippen LogP contribution in [0.25, 0.3) is 0 Å². The molecule has 0 unspecified atom stereocenters. The summed E-state index contributed by atoms with van der Waals surface area (Å²) in [5.41, 5.74) is 8.72. The number of aryl methyl sites for hydroxylation is 1. The summed E-state index contributed by atoms with van der Waals surface area (Å²) >= 11 is 0. The Morgan fingerprint density at radius 1 is 0.917 bits per heavy atom. The molecule has 0 heterocycles. The van der Waals surface area contributed by atoms with Gasteiger partial charge < -0.3 is 0 Å². The van der Waals surface area contributed by atoms with Gasteiger partial charge in [-0.15, -0.1) is 0 Å². The fourth-order valence-corrected chi connectivity index (χ4v) is 2.38. The van der Waals surface area contributed by atoms with Crippen molar-refractivity contribution in [1.82, 2.24) is 0 Å². The zero-order valence-corrected chi connectivity index (χ0v) is 17.5. The van der Waals surface area contributed by atoms with Crippen LogP contribution in [0.2, 0.25) is 0 Å². The molecule has 0 aliphatic rings. The fraction of sp³-hybridized carbons (Fsp3) is 0.304. The van der Waals surface area contributed by atoms with Crippen molar-refractivity contribution in [3.05, 3.63) is 94.0 Å². The summed E-state index contributed by atoms with van der Waals surface area (Å²) in [6, 6.07) is 21.0. The van der Waals surface area contributed by atoms with Gasteiger partial charge in [0.15, 0.2) is 0 Å². The molecule has 0 saturated carbocycles. The van der Waals surface area contributed by atoms with Gasteiger partial charge >= 0.3 is 21.7 Å². The van der Waals surface area contributed by atoms with Crippen molar-refractivity contribution in [2.75, 3.05) is 0 Å². The molecule has 24 heavy (non-hydrogen) atoms. The standard InChI is InChI=1S/C10H15.C8H9.C5H5.Ti/c1-6-7(2)9(4)10(5)8(6)3;1-2-8-6-4-3-5-7-8;1-2-4-5-3-1;/h1-5H3;4-7H,2H2,1H3;1-5H;/q3*-1;+3. The molecule has 0 spiro atoms. The second-order valence-corrected chi connectivity index (χ2v) is 5.85. The normalized spacial score (nSPS) is 9.08. The number of hydrogen-bond donors (Lipinski definition) is 0. The van der Waals surface area contributed by atoms with Crippen molar-refractivity contribution < 1.29 is 21.7 Å². The Hall–Kier alpha value is -1.37. The molecule has 1 heteroatoms. The topological polar surface area (TPSA) is 0 Å². The largest absolute Gasteiger partial charge is 3.00 e. The van der Waals surface area contributed by atoms with Gasteiger partial charge in [-0.05, 0) is 0 Å². The van der Waals surface area contributed by atoms with Crippen LogP contribution in [0.3, 0.4) is 0 Å². The Kier molecular flexibility index (Phi) is 11.4. The average molecular weight is 353 g/mol. The van der Waals surface area contributed by atoms with E-state index >= 15 is 0 Å². The third-order valence-electron chi connectivity index (χ3n) is 4.56. The molecule has 0 saturated heterocycles. The molecule has 0 atom stereocenters. The molecular weight excluding hydrogens is 324 g/mol. The first-order chi connectivity index (χ1) is 11.0. The van der Waals surface area contributed by atoms with E-state index in [9.17, 15) is 0 Å². The van der Waals surface area contributed by atoms with Crippen molar-refractivity contribution in [2.24, 2.45) is 0 Å². The van der Waals surface area contributed by atoms with E-state index in [1.807, 2.05) is 42.5 Å². The predicted octanol–water partition coefficient (Wildman–Crippen LogP) is 6.40. The maximum absolute atomic E-state index is 2.97. The summed E-state index contributed by atoms with van der Waals surface area (Å²) in [5, 5.41) is 0. The van der Waals surface area contributed by atoms with Crippen LogP contribution in [0.15, 0.2) is 54.6 Å². The zero-order valence-electron chi connectivity index (χ0n) is 15.9. The summed E-state index contributed by atoms with van der Waals surface area (Å²) in [6.07, 6.45) is 1.12. The van der Waals surface area contributed by atoms with Gasteiger partial charge in [-0.1, -0.05) is 48.0 Å². The maximum atomic E-state index is 2.97. The van der Waals surface area contributed by atoms with Gasteiger partial charge in [0.2, 0.25) is 0 Å². The van der Waals surface area contributed by atoms with E-state index in [1.54, 1.807) is 0 Å². The van der Waals surface area contributed by atoms with Crippen LogP contribution in [0.5, 0.6) is 0 Å². The Morgan fingerprint density at radius 3 is 1.58 bits per heavy atom. The van der Waals surface area contributed by atoms with Crippen LogP contribution >= 0.6 is 0 Å². The summed E-state index contributed by atoms with van der Waals surface area (Å²) in [6.45, 7) is 13.1. The number of benzene rings is 1. The van der Waals surface area contributed by atoms with E-state index in [-0.39, 0.29) is 21.7 Å². The number of rotatable bonds is 1. The molecule has 0 N–H and O–H groups in total. The van der Waals surface area contributed by atoms with E-state index in [4.69, 9.17) is 0 Å². The fourth-order valence-electron chi connectivity index (χ4n) is 2.38. The first kappa shape index (κ1) is 22.6. The molecule has 0 bridgehead atoms. The molecule has 0 aliphatic carbocycles. The minimum absolute atomic E-state index is 0. The molecule has 0 aromatic heterocycles. The molecule has 0 nitrogen and oxygen atoms in total. The van der Waals surface area contributed by atoms with E-state index in [2.05, 4.69) is 59.7 Å². The van der Waals surface area contributed by atoms with Gasteiger partial charge in [0.25, 0.3) is 0 Å². The van der Waals surface area contributed by atoms with Gasteiger partial charge in [-0.3, -0.25) is 0 Å². The predicted molar refractivity (Wildman–Crippen MR) is 102 cm³/mol. The van der Waals surface area contributed by atoms with Crippen LogP contribution in [-0.2, 0) is 28.1 Å². The van der Waals surface area contributed by atoms with Gasteiger partial charge in [0, 0.05) is 0 Å². The molecular formula is C23H29Ti. The molecule has 125 valence electrons. The quantitative estimate of drug-likeness (QED) is 0.351. The molecule has 3 aromatic rings. The van der Waals surface area contributed by atoms with Crippen molar-refractivity contribution in [3.63, 3.8) is 0 Å². The first-order valence-corrected chi connectivity index (χ1v) is 8.30. The smallest absolute Gasteiger partial charge is 0.214 e. The van der Waals surface area contributed by atoms with Crippen molar-refractivity contribution in [3.8, 4) is 0 Å². The molecule has 0 amide bonds. The minimum atomic E-state index is 0. The number of hydrogen-bond acceptors (Lipinski definition) is 0. The Morgan fingerprint density at radius 2 is 1.38 bits per heavy atom. The second kappa shape index (κ2) is 12.1. The summed E-state index contributed by atoms with van der Waals surface area (Å²) in [7, 11) is 0. The SMILES string of the molecule is CCc1cc[c-]cc1.Cc1c(C)c(C)[c-](C)c1C.[Ti+3].c1cc[cH-]c1. The van der Waals surface area contributed by atoms with E-state index in [1.165, 1.54) is 33.4 Å². The molecule has 3 rings (SSSR count). The first-order valence-electron chi connectivity index (χ1n) is 8.30. The summed E-state index contributed by atoms with van der Waals surface area (Å²) in [4.78, 5) is 0. The average Bonchev–Trinajstić information content (AvgIpc) is 3.23. The van der Waals surface area contributed by atoms with Crippen molar-refractivity contribution in [2.45, 2.75) is 48.0 Å². The monoisotopic (exact) mass is 353 g/mol. The molecule has 1 radical (unpaired) electrons. The van der Waals surface area contributed by atoms with Gasteiger partial charge in [-0.25, -0.2) is 12.1 Å². The van der Waals surface area contributed by atoms with E-state index < -0.39 is 0 Å². The summed E-state index contributed by atoms with van der Waals surface area (Å²) < 4.78 is 0. The van der Waals surface area contributed by atoms with Crippen molar-refractivity contribution >= 4 is 0 Å². The molecule has 0 aliphatic heterocycles. The Bertz CT molecular complexity index is 560. The van der Waals surface area contributed by atoms with Crippen LogP contribution < -0.4 is 0 Å². The third kappa shape index (κ3) is 7.03. The Labute approximate surface area is 163 Å². The van der Waals surface area contributed by atoms with E-state index in [0.717, 1.165) is 6.42 Å². The maximum Gasteiger partial charge on any atom is 3.00 e. The van der Waals surface area contributed by atoms with Crippen LogP contribution in [0.1, 0.15) is 40.3 Å². The van der Waals surface area contributed by atoms with Crippen molar-refractivity contribution in [1.29, 1.82) is 0 Å². The third-order valence-corrected chi connectivity index (χ3v) is 4.56. The van der Waals surface area contributed by atoms with Gasteiger partial charge in [0.1, 0.15) is 0 Å². The molecule has 0 fully saturated rings. The minimum Gasteiger partial charge on any atom is -0.214 e. The molecule has 3 aromatic carbocycles. The Balaban J connectivity index is 0.000000340. The second-order valence-electron chi connectivity index (χ2n) is 5.85. The van der Waals surface area contributed by atoms with Crippen LogP contribution in [0.4, 0.5) is 0 Å². The van der Waals surface area contributed by atoms with E-state index in [0.29, 0.717) is 0 Å². The van der Waals surface area contributed by atoms with Crippen LogP contribution in [0, 0.1) is 40.7 Å². The van der Waals surface area contributed by atoms with Gasteiger partial charge in [-0.2, -0.15) is 81.9 Å². The van der Waals surface area contributed by atoms with Crippen LogP contribution in [-0.4, -0.2) is 0 Å². The zero-order chi connectivity index (χ0) is 17.2. The van der Waals surface area contributed by atoms with Gasteiger partial charge in [0.05, 0.1) is 0 Å².